The Balaban J connectivity index is 1.34. The van der Waals surface area contributed by atoms with Crippen molar-refractivity contribution >= 4 is 5.91 Å². The number of nitrogens with one attached hydrogen (secondary N) is 1. The van der Waals surface area contributed by atoms with Crippen LogP contribution in [-0.4, -0.2) is 22.2 Å². The third kappa shape index (κ3) is 3.10. The fourth-order valence-corrected chi connectivity index (χ4v) is 5.92. The Kier molecular flexibility index (Phi) is 4.52. The molecule has 5 heteroatoms. The van der Waals surface area contributed by atoms with Crippen molar-refractivity contribution < 1.29 is 9.18 Å². The molecule has 2 atom stereocenters. The highest BCUT2D eigenvalue weighted by Crippen LogP contribution is 2.60. The molecule has 4 nitrogen and oxygen atoms in total. The normalized spacial score (nSPS) is 27.1. The van der Waals surface area contributed by atoms with Gasteiger partial charge in [0.05, 0.1) is 0 Å². The molecule has 2 aromatic rings. The SMILES string of the molecule is CC1(C)C2CC(CNC(=O)c3nn(-c4ccccc4F)c4c3CCCC4)CC1C2. The molecular formula is C24H30FN3O. The van der Waals surface area contributed by atoms with Gasteiger partial charge in [-0.3, -0.25) is 4.79 Å². The Bertz CT molecular complexity index is 934. The highest BCUT2D eigenvalue weighted by molar-refractivity contribution is 5.94. The Morgan fingerprint density at radius 2 is 1.90 bits per heavy atom. The van der Waals surface area contributed by atoms with Crippen LogP contribution in [0.4, 0.5) is 4.39 Å². The van der Waals surface area contributed by atoms with Gasteiger partial charge in [0.15, 0.2) is 5.69 Å². The Hall–Kier alpha value is -2.17. The van der Waals surface area contributed by atoms with Crippen LogP contribution >= 0.6 is 0 Å². The molecule has 4 aliphatic rings. The number of nitrogens with zero attached hydrogens (tertiary/aromatic N) is 2. The Morgan fingerprint density at radius 3 is 2.62 bits per heavy atom. The van der Waals surface area contributed by atoms with E-state index in [1.807, 2.05) is 6.07 Å². The monoisotopic (exact) mass is 395 g/mol. The number of amides is 1. The first kappa shape index (κ1) is 18.8. The molecule has 0 saturated heterocycles. The van der Waals surface area contributed by atoms with E-state index in [0.717, 1.165) is 55.3 Å². The van der Waals surface area contributed by atoms with Crippen molar-refractivity contribution in [3.63, 3.8) is 0 Å². The van der Waals surface area contributed by atoms with E-state index in [-0.39, 0.29) is 11.7 Å². The van der Waals surface area contributed by atoms with Crippen LogP contribution in [0.25, 0.3) is 5.69 Å². The maximum atomic E-state index is 14.4. The molecule has 1 heterocycles. The first-order valence-electron chi connectivity index (χ1n) is 11.1. The largest absolute Gasteiger partial charge is 0.350 e. The molecule has 4 aliphatic carbocycles. The number of para-hydroxylation sites is 1. The van der Waals surface area contributed by atoms with Gasteiger partial charge in [0.2, 0.25) is 0 Å². The third-order valence-corrected chi connectivity index (χ3v) is 7.94. The standard InChI is InChI=1S/C24H30FN3O/c1-24(2)16-11-15(12-17(24)13-16)14-26-23(29)22-18-7-3-5-9-20(18)28(27-22)21-10-6-4-8-19(21)25/h4,6,8,10,15-17H,3,5,7,9,11-14H2,1-2H3,(H,26,29). The molecule has 2 unspecified atom stereocenters. The number of aromatic nitrogens is 2. The summed E-state index contributed by atoms with van der Waals surface area (Å²) in [6, 6.07) is 6.67. The molecule has 1 aromatic carbocycles. The van der Waals surface area contributed by atoms with Crippen LogP contribution in [0.3, 0.4) is 0 Å². The van der Waals surface area contributed by atoms with Gasteiger partial charge in [0, 0.05) is 17.8 Å². The maximum absolute atomic E-state index is 14.4. The second-order valence-corrected chi connectivity index (χ2v) is 9.84. The van der Waals surface area contributed by atoms with E-state index in [2.05, 4.69) is 24.3 Å². The number of fused-ring (bicyclic) bond motifs is 3. The molecular weight excluding hydrogens is 365 g/mol. The Labute approximate surface area is 171 Å². The molecule has 3 fully saturated rings. The number of carbonyl (C=O) groups is 1. The zero-order chi connectivity index (χ0) is 20.2. The second-order valence-electron chi connectivity index (χ2n) is 9.84. The van der Waals surface area contributed by atoms with Gasteiger partial charge in [-0.05, 0) is 80.2 Å². The van der Waals surface area contributed by atoms with Crippen molar-refractivity contribution in [1.82, 2.24) is 15.1 Å². The predicted octanol–water partition coefficient (Wildman–Crippen LogP) is 4.69. The van der Waals surface area contributed by atoms with Crippen molar-refractivity contribution in [3.05, 3.63) is 47.0 Å². The highest BCUT2D eigenvalue weighted by Gasteiger charge is 2.52. The molecule has 1 N–H and O–H groups in total. The average molecular weight is 396 g/mol. The van der Waals surface area contributed by atoms with Crippen LogP contribution in [-0.2, 0) is 12.8 Å². The topological polar surface area (TPSA) is 46.9 Å². The number of halogens is 1. The fourth-order valence-electron chi connectivity index (χ4n) is 5.92. The van der Waals surface area contributed by atoms with Crippen LogP contribution in [0.1, 0.15) is 67.7 Å². The summed E-state index contributed by atoms with van der Waals surface area (Å²) >= 11 is 0. The van der Waals surface area contributed by atoms with E-state index in [0.29, 0.717) is 22.7 Å². The minimum Gasteiger partial charge on any atom is -0.350 e. The molecule has 6 rings (SSSR count). The average Bonchev–Trinajstić information content (AvgIpc) is 3.12. The lowest BCUT2D eigenvalue weighted by Gasteiger charge is -2.59. The van der Waals surface area contributed by atoms with E-state index in [4.69, 9.17) is 0 Å². The van der Waals surface area contributed by atoms with Gasteiger partial charge in [-0.25, -0.2) is 9.07 Å². The van der Waals surface area contributed by atoms with E-state index in [1.165, 1.54) is 25.3 Å². The summed E-state index contributed by atoms with van der Waals surface area (Å²) in [5, 5.41) is 7.76. The van der Waals surface area contributed by atoms with E-state index >= 15 is 0 Å². The molecule has 154 valence electrons. The molecule has 0 aliphatic heterocycles. The van der Waals surface area contributed by atoms with E-state index in [9.17, 15) is 9.18 Å². The Morgan fingerprint density at radius 1 is 1.17 bits per heavy atom. The van der Waals surface area contributed by atoms with Crippen LogP contribution in [0.2, 0.25) is 0 Å². The molecule has 1 amide bonds. The zero-order valence-electron chi connectivity index (χ0n) is 17.4. The van der Waals surface area contributed by atoms with Crippen molar-refractivity contribution in [2.24, 2.45) is 23.2 Å². The summed E-state index contributed by atoms with van der Waals surface area (Å²) in [6.07, 6.45) is 7.57. The fraction of sp³-hybridized carbons (Fsp3) is 0.583. The summed E-state index contributed by atoms with van der Waals surface area (Å²) in [6.45, 7) is 5.51. The first-order valence-corrected chi connectivity index (χ1v) is 11.1. The molecule has 1 aromatic heterocycles. The van der Waals surface area contributed by atoms with Crippen LogP contribution < -0.4 is 5.32 Å². The smallest absolute Gasteiger partial charge is 0.272 e. The van der Waals surface area contributed by atoms with Crippen molar-refractivity contribution in [2.75, 3.05) is 6.54 Å². The van der Waals surface area contributed by atoms with Gasteiger partial charge in [0.25, 0.3) is 5.91 Å². The summed E-state index contributed by atoms with van der Waals surface area (Å²) in [5.74, 6) is 1.77. The zero-order valence-corrected chi connectivity index (χ0v) is 17.4. The molecule has 29 heavy (non-hydrogen) atoms. The lowest BCUT2D eigenvalue weighted by molar-refractivity contribution is -0.0887. The summed E-state index contributed by atoms with van der Waals surface area (Å²) < 4.78 is 16.1. The first-order chi connectivity index (χ1) is 13.9. The minimum atomic E-state index is -0.306. The third-order valence-electron chi connectivity index (χ3n) is 7.94. The van der Waals surface area contributed by atoms with Gasteiger partial charge in [-0.2, -0.15) is 5.10 Å². The summed E-state index contributed by atoms with van der Waals surface area (Å²) in [7, 11) is 0. The lowest BCUT2D eigenvalue weighted by atomic mass is 9.47. The quantitative estimate of drug-likeness (QED) is 0.816. The van der Waals surface area contributed by atoms with E-state index in [1.54, 1.807) is 16.8 Å². The van der Waals surface area contributed by atoms with Gasteiger partial charge >= 0.3 is 0 Å². The van der Waals surface area contributed by atoms with Crippen LogP contribution in [0, 0.1) is 29.0 Å². The van der Waals surface area contributed by atoms with Gasteiger partial charge in [-0.1, -0.05) is 26.0 Å². The number of hydrogen-bond acceptors (Lipinski definition) is 2. The number of carbonyl (C=O) groups excluding carboxylic acids is 1. The van der Waals surface area contributed by atoms with Gasteiger partial charge in [-0.15, -0.1) is 0 Å². The summed E-state index contributed by atoms with van der Waals surface area (Å²) in [4.78, 5) is 13.0. The minimum absolute atomic E-state index is 0.100. The number of hydrogen-bond donors (Lipinski definition) is 1. The van der Waals surface area contributed by atoms with Gasteiger partial charge < -0.3 is 5.32 Å². The van der Waals surface area contributed by atoms with E-state index < -0.39 is 0 Å². The van der Waals surface area contributed by atoms with Gasteiger partial charge in [0.1, 0.15) is 11.5 Å². The maximum Gasteiger partial charge on any atom is 0.272 e. The van der Waals surface area contributed by atoms with Crippen molar-refractivity contribution in [2.45, 2.75) is 58.8 Å². The molecule has 2 bridgehead atoms. The lowest BCUT2D eigenvalue weighted by Crippen LogP contribution is -2.52. The van der Waals surface area contributed by atoms with Crippen LogP contribution in [0.15, 0.2) is 24.3 Å². The molecule has 0 spiro atoms. The highest BCUT2D eigenvalue weighted by atomic mass is 19.1. The predicted molar refractivity (Wildman–Crippen MR) is 111 cm³/mol. The number of rotatable bonds is 4. The number of benzene rings is 1. The summed E-state index contributed by atoms with van der Waals surface area (Å²) in [5.41, 5.74) is 3.40. The molecule has 3 saturated carbocycles. The van der Waals surface area contributed by atoms with Crippen LogP contribution in [0.5, 0.6) is 0 Å². The second kappa shape index (κ2) is 6.96. The molecule has 0 radical (unpaired) electrons. The van der Waals surface area contributed by atoms with Crippen molar-refractivity contribution in [3.8, 4) is 5.69 Å². The van der Waals surface area contributed by atoms with Crippen molar-refractivity contribution in [1.29, 1.82) is 0 Å².